The maximum absolute atomic E-state index is 13.8. The van der Waals surface area contributed by atoms with Crippen LogP contribution < -0.4 is 9.62 Å². The molecule has 2 amide bonds. The number of hydrogen-bond acceptors (Lipinski definition) is 4. The van der Waals surface area contributed by atoms with Gasteiger partial charge in [-0.15, -0.1) is 0 Å². The van der Waals surface area contributed by atoms with Crippen LogP contribution in [0.5, 0.6) is 0 Å². The highest BCUT2D eigenvalue weighted by Crippen LogP contribution is 2.40. The van der Waals surface area contributed by atoms with E-state index in [0.717, 1.165) is 4.31 Å². The molecule has 2 aromatic carbocycles. The SMILES string of the molecule is CC(C)N(C(=O)CC1C(=O)Nc2ccccc2N1S(=O)(=O)c1cccc(Cl)c1Cl)C(C)C. The molecule has 1 aliphatic heterocycles. The van der Waals surface area contributed by atoms with Crippen LogP contribution in [0.4, 0.5) is 11.4 Å². The molecule has 1 unspecified atom stereocenters. The molecule has 172 valence electrons. The van der Waals surface area contributed by atoms with E-state index >= 15 is 0 Å². The summed E-state index contributed by atoms with van der Waals surface area (Å²) in [6.45, 7) is 7.48. The Labute approximate surface area is 198 Å². The van der Waals surface area contributed by atoms with Gasteiger partial charge in [0.15, 0.2) is 0 Å². The topological polar surface area (TPSA) is 86.8 Å². The molecular weight excluding hydrogens is 473 g/mol. The van der Waals surface area contributed by atoms with Gasteiger partial charge in [0.1, 0.15) is 10.9 Å². The van der Waals surface area contributed by atoms with Crippen LogP contribution in [-0.2, 0) is 19.6 Å². The van der Waals surface area contributed by atoms with Gasteiger partial charge in [-0.05, 0) is 52.0 Å². The van der Waals surface area contributed by atoms with Gasteiger partial charge in [-0.25, -0.2) is 8.42 Å². The van der Waals surface area contributed by atoms with Gasteiger partial charge < -0.3 is 10.2 Å². The first-order valence-corrected chi connectivity index (χ1v) is 12.4. The average molecular weight is 498 g/mol. The third-order valence-corrected chi connectivity index (χ3v) is 8.00. The number of anilines is 2. The molecule has 10 heteroatoms. The van der Waals surface area contributed by atoms with Crippen molar-refractivity contribution in [2.75, 3.05) is 9.62 Å². The Kier molecular flexibility index (Phi) is 7.07. The van der Waals surface area contributed by atoms with Crippen molar-refractivity contribution < 1.29 is 18.0 Å². The van der Waals surface area contributed by atoms with Gasteiger partial charge in [0.25, 0.3) is 10.0 Å². The number of hydrogen-bond donors (Lipinski definition) is 1. The number of nitrogens with zero attached hydrogens (tertiary/aromatic N) is 2. The Morgan fingerprint density at radius 3 is 2.31 bits per heavy atom. The molecule has 0 saturated heterocycles. The third kappa shape index (κ3) is 4.44. The molecule has 0 fully saturated rings. The van der Waals surface area contributed by atoms with Gasteiger partial charge in [-0.3, -0.25) is 13.9 Å². The van der Waals surface area contributed by atoms with E-state index in [2.05, 4.69) is 5.32 Å². The highest BCUT2D eigenvalue weighted by atomic mass is 35.5. The van der Waals surface area contributed by atoms with Crippen molar-refractivity contribution in [3.8, 4) is 0 Å². The van der Waals surface area contributed by atoms with Crippen molar-refractivity contribution in [2.45, 2.75) is 57.1 Å². The largest absolute Gasteiger partial charge is 0.338 e. The second-order valence-electron chi connectivity index (χ2n) is 8.07. The highest BCUT2D eigenvalue weighted by molar-refractivity contribution is 7.93. The molecule has 3 rings (SSSR count). The maximum Gasteiger partial charge on any atom is 0.266 e. The van der Waals surface area contributed by atoms with Crippen LogP contribution in [0.3, 0.4) is 0 Å². The number of sulfonamides is 1. The smallest absolute Gasteiger partial charge is 0.266 e. The van der Waals surface area contributed by atoms with Crippen LogP contribution in [0.15, 0.2) is 47.4 Å². The highest BCUT2D eigenvalue weighted by Gasteiger charge is 2.43. The Morgan fingerprint density at radius 1 is 1.06 bits per heavy atom. The van der Waals surface area contributed by atoms with Crippen molar-refractivity contribution in [3.63, 3.8) is 0 Å². The van der Waals surface area contributed by atoms with Crippen LogP contribution in [0, 0.1) is 0 Å². The summed E-state index contributed by atoms with van der Waals surface area (Å²) in [5.41, 5.74) is 0.578. The molecule has 1 atom stereocenters. The van der Waals surface area contributed by atoms with Crippen molar-refractivity contribution in [1.29, 1.82) is 0 Å². The molecule has 1 heterocycles. The molecule has 0 radical (unpaired) electrons. The first-order valence-electron chi connectivity index (χ1n) is 10.2. The Bertz CT molecular complexity index is 1140. The van der Waals surface area contributed by atoms with E-state index in [-0.39, 0.29) is 45.0 Å². The van der Waals surface area contributed by atoms with Gasteiger partial charge in [0.05, 0.1) is 27.8 Å². The number of carbonyl (C=O) groups excluding carboxylic acids is 2. The van der Waals surface area contributed by atoms with E-state index in [1.807, 2.05) is 27.7 Å². The minimum atomic E-state index is -4.34. The fourth-order valence-electron chi connectivity index (χ4n) is 3.97. The Balaban J connectivity index is 2.15. The molecule has 0 aromatic heterocycles. The summed E-state index contributed by atoms with van der Waals surface area (Å²) in [6.07, 6.45) is -0.325. The molecule has 0 saturated carbocycles. The van der Waals surface area contributed by atoms with Gasteiger partial charge in [0, 0.05) is 12.1 Å². The van der Waals surface area contributed by atoms with Gasteiger partial charge >= 0.3 is 0 Å². The van der Waals surface area contributed by atoms with Gasteiger partial charge in [-0.1, -0.05) is 41.4 Å². The molecule has 1 aliphatic rings. The first kappa shape index (κ1) is 24.4. The zero-order chi connectivity index (χ0) is 23.8. The van der Waals surface area contributed by atoms with Crippen molar-refractivity contribution in [3.05, 3.63) is 52.5 Å². The van der Waals surface area contributed by atoms with Crippen LogP contribution in [-0.4, -0.2) is 43.3 Å². The van der Waals surface area contributed by atoms with E-state index < -0.39 is 22.0 Å². The van der Waals surface area contributed by atoms with E-state index in [4.69, 9.17) is 23.2 Å². The maximum atomic E-state index is 13.8. The lowest BCUT2D eigenvalue weighted by molar-refractivity contribution is -0.136. The van der Waals surface area contributed by atoms with Crippen molar-refractivity contribution in [1.82, 2.24) is 4.90 Å². The number of fused-ring (bicyclic) bond motifs is 1. The average Bonchev–Trinajstić information content (AvgIpc) is 2.69. The number of amides is 2. The lowest BCUT2D eigenvalue weighted by Crippen LogP contribution is -2.54. The minimum absolute atomic E-state index is 0.0703. The molecule has 0 bridgehead atoms. The standard InChI is InChI=1S/C22H25Cl2N3O4S/c1-13(2)26(14(3)4)20(28)12-18-22(29)25-16-9-5-6-10-17(16)27(18)32(30,31)19-11-7-8-15(23)21(19)24/h5-11,13-14,18H,12H2,1-4H3,(H,25,29). The fourth-order valence-corrected chi connectivity index (χ4v) is 6.34. The second-order valence-corrected chi connectivity index (χ2v) is 10.6. The lowest BCUT2D eigenvalue weighted by Gasteiger charge is -2.38. The summed E-state index contributed by atoms with van der Waals surface area (Å²) < 4.78 is 28.5. The molecular formula is C22H25Cl2N3O4S. The summed E-state index contributed by atoms with van der Waals surface area (Å²) in [7, 11) is -4.34. The van der Waals surface area contributed by atoms with Crippen LogP contribution in [0.2, 0.25) is 10.0 Å². The molecule has 32 heavy (non-hydrogen) atoms. The normalized spacial score (nSPS) is 16.2. The van der Waals surface area contributed by atoms with Crippen molar-refractivity contribution >= 4 is 56.4 Å². The fraction of sp³-hybridized carbons (Fsp3) is 0.364. The van der Waals surface area contributed by atoms with E-state index in [1.54, 1.807) is 29.2 Å². The first-order chi connectivity index (χ1) is 15.0. The summed E-state index contributed by atoms with van der Waals surface area (Å²) in [5.74, 6) is -0.918. The second kappa shape index (κ2) is 9.29. The number of benzene rings is 2. The van der Waals surface area contributed by atoms with Crippen LogP contribution in [0.1, 0.15) is 34.1 Å². The monoisotopic (exact) mass is 497 g/mol. The molecule has 1 N–H and O–H groups in total. The molecule has 7 nitrogen and oxygen atoms in total. The minimum Gasteiger partial charge on any atom is -0.338 e. The van der Waals surface area contributed by atoms with E-state index in [1.165, 1.54) is 18.2 Å². The summed E-state index contributed by atoms with van der Waals surface area (Å²) in [6, 6.07) is 9.26. The van der Waals surface area contributed by atoms with Gasteiger partial charge in [-0.2, -0.15) is 0 Å². The number of carbonyl (C=O) groups is 2. The molecule has 0 spiro atoms. The van der Waals surface area contributed by atoms with Crippen molar-refractivity contribution in [2.24, 2.45) is 0 Å². The number of para-hydroxylation sites is 2. The zero-order valence-corrected chi connectivity index (χ0v) is 20.5. The summed E-state index contributed by atoms with van der Waals surface area (Å²) >= 11 is 12.3. The Morgan fingerprint density at radius 2 is 1.69 bits per heavy atom. The predicted molar refractivity (Wildman–Crippen MR) is 127 cm³/mol. The van der Waals surface area contributed by atoms with E-state index in [0.29, 0.717) is 5.69 Å². The zero-order valence-electron chi connectivity index (χ0n) is 18.2. The van der Waals surface area contributed by atoms with Crippen LogP contribution >= 0.6 is 23.2 Å². The number of nitrogens with one attached hydrogen (secondary N) is 1. The summed E-state index contributed by atoms with van der Waals surface area (Å²) in [5, 5.41) is 2.64. The van der Waals surface area contributed by atoms with E-state index in [9.17, 15) is 18.0 Å². The van der Waals surface area contributed by atoms with Crippen LogP contribution in [0.25, 0.3) is 0 Å². The summed E-state index contributed by atoms with van der Waals surface area (Å²) in [4.78, 5) is 27.6. The molecule has 2 aromatic rings. The quantitative estimate of drug-likeness (QED) is 0.634. The van der Waals surface area contributed by atoms with Gasteiger partial charge in [0.2, 0.25) is 11.8 Å². The third-order valence-electron chi connectivity index (χ3n) is 5.21. The number of halogens is 2. The lowest BCUT2D eigenvalue weighted by atomic mass is 10.1. The molecule has 0 aliphatic carbocycles. The Hall–Kier alpha value is -2.29. The predicted octanol–water partition coefficient (Wildman–Crippen LogP) is 4.54. The number of rotatable bonds is 6.